The molecule has 0 N–H and O–H groups in total. The molecule has 1 rings (SSSR count). The number of halogens is 3. The van der Waals surface area contributed by atoms with E-state index >= 15 is 0 Å². The maximum atomic E-state index is 6.21. The Balaban J connectivity index is 2.94. The summed E-state index contributed by atoms with van der Waals surface area (Å²) in [4.78, 5) is 0. The predicted molar refractivity (Wildman–Crippen MR) is 84.9 cm³/mol. The summed E-state index contributed by atoms with van der Waals surface area (Å²) in [5.74, 6) is 0.968. The molecule has 1 aromatic rings. The van der Waals surface area contributed by atoms with Crippen LogP contribution in [-0.2, 0) is 10.2 Å². The first-order valence-electron chi connectivity index (χ1n) is 6.32. The second kappa shape index (κ2) is 7.17. The fraction of sp³-hybridized carbons (Fsp3) is 0.600. The van der Waals surface area contributed by atoms with Gasteiger partial charge in [-0.1, -0.05) is 23.7 Å². The fourth-order valence-electron chi connectivity index (χ4n) is 1.91. The number of ether oxygens (including phenoxy) is 1. The third-order valence-corrected chi connectivity index (χ3v) is 5.00. The number of rotatable bonds is 7. The molecule has 0 heterocycles. The van der Waals surface area contributed by atoms with E-state index in [9.17, 15) is 0 Å². The van der Waals surface area contributed by atoms with Crippen LogP contribution in [0.5, 0.6) is 0 Å². The Hall–Kier alpha value is 0.0500. The van der Waals surface area contributed by atoms with Crippen LogP contribution < -0.4 is 0 Å². The van der Waals surface area contributed by atoms with Crippen molar-refractivity contribution in [3.63, 3.8) is 0 Å². The van der Waals surface area contributed by atoms with Crippen molar-refractivity contribution in [3.05, 3.63) is 34.9 Å². The lowest BCUT2D eigenvalue weighted by Crippen LogP contribution is -2.34. The summed E-state index contributed by atoms with van der Waals surface area (Å²) in [6.45, 7) is 4.14. The molecule has 0 radical (unpaired) electrons. The van der Waals surface area contributed by atoms with Crippen molar-refractivity contribution in [1.82, 2.24) is 0 Å². The van der Waals surface area contributed by atoms with Gasteiger partial charge in [0.1, 0.15) is 0 Å². The fourth-order valence-corrected chi connectivity index (χ4v) is 2.90. The Morgan fingerprint density at radius 3 is 1.95 bits per heavy atom. The van der Waals surface area contributed by atoms with Crippen molar-refractivity contribution < 1.29 is 4.74 Å². The molecule has 19 heavy (non-hydrogen) atoms. The van der Waals surface area contributed by atoms with Gasteiger partial charge in [-0.3, -0.25) is 0 Å². The predicted octanol–water partition coefficient (Wildman–Crippen LogP) is 5.26. The van der Waals surface area contributed by atoms with E-state index in [0.717, 1.165) is 23.4 Å². The number of benzene rings is 1. The van der Waals surface area contributed by atoms with Crippen molar-refractivity contribution in [2.75, 3.05) is 18.9 Å². The normalized spacial score (nSPS) is 12.7. The van der Waals surface area contributed by atoms with Crippen LogP contribution in [0.1, 0.15) is 32.3 Å². The molecule has 1 aromatic carbocycles. The van der Waals surface area contributed by atoms with Crippen molar-refractivity contribution in [2.45, 2.75) is 37.7 Å². The van der Waals surface area contributed by atoms with Crippen molar-refractivity contribution in [1.29, 1.82) is 0 Å². The molecule has 0 spiro atoms. The van der Waals surface area contributed by atoms with Crippen molar-refractivity contribution in [2.24, 2.45) is 0 Å². The van der Waals surface area contributed by atoms with Crippen molar-refractivity contribution >= 4 is 34.8 Å². The molecule has 4 heteroatoms. The van der Waals surface area contributed by atoms with E-state index in [0.29, 0.717) is 11.8 Å². The quantitative estimate of drug-likeness (QED) is 0.622. The lowest BCUT2D eigenvalue weighted by Gasteiger charge is -2.34. The first kappa shape index (κ1) is 17.1. The lowest BCUT2D eigenvalue weighted by atomic mass is 9.78. The van der Waals surface area contributed by atoms with E-state index < -0.39 is 0 Å². The molecule has 0 unspecified atom stereocenters. The minimum Gasteiger partial charge on any atom is -0.379 e. The van der Waals surface area contributed by atoms with Gasteiger partial charge >= 0.3 is 0 Å². The summed E-state index contributed by atoms with van der Waals surface area (Å²) in [5, 5.41) is 0.721. The summed E-state index contributed by atoms with van der Waals surface area (Å²) in [7, 11) is 1.73. The average molecular weight is 324 g/mol. The van der Waals surface area contributed by atoms with Gasteiger partial charge in [-0.15, -0.1) is 23.2 Å². The third kappa shape index (κ3) is 4.53. The molecule has 0 aliphatic heterocycles. The number of hydrogen-bond donors (Lipinski definition) is 0. The molecule has 0 aliphatic rings. The van der Waals surface area contributed by atoms with Gasteiger partial charge in [-0.05, 0) is 44.4 Å². The summed E-state index contributed by atoms with van der Waals surface area (Å²) in [5.41, 5.74) is 0.730. The summed E-state index contributed by atoms with van der Waals surface area (Å²) >= 11 is 18.4. The minimum atomic E-state index is -0.233. The molecule has 0 fully saturated rings. The van der Waals surface area contributed by atoms with Crippen LogP contribution in [0.4, 0.5) is 0 Å². The largest absolute Gasteiger partial charge is 0.379 e. The topological polar surface area (TPSA) is 9.23 Å². The Morgan fingerprint density at radius 1 is 1.00 bits per heavy atom. The van der Waals surface area contributed by atoms with Crippen LogP contribution in [0.15, 0.2) is 24.3 Å². The van der Waals surface area contributed by atoms with Gasteiger partial charge in [0, 0.05) is 29.3 Å². The molecule has 0 aliphatic carbocycles. The van der Waals surface area contributed by atoms with E-state index in [-0.39, 0.29) is 11.0 Å². The van der Waals surface area contributed by atoms with E-state index in [1.54, 1.807) is 7.11 Å². The van der Waals surface area contributed by atoms with Gasteiger partial charge in [0.05, 0.1) is 5.60 Å². The average Bonchev–Trinajstić information content (AvgIpc) is 2.42. The number of methoxy groups -OCH3 is 1. The van der Waals surface area contributed by atoms with Crippen LogP contribution in [0.2, 0.25) is 5.02 Å². The Morgan fingerprint density at radius 2 is 1.53 bits per heavy atom. The Kier molecular flexibility index (Phi) is 6.46. The van der Waals surface area contributed by atoms with Gasteiger partial charge < -0.3 is 4.74 Å². The maximum absolute atomic E-state index is 6.21. The maximum Gasteiger partial charge on any atom is 0.0623 e. The lowest BCUT2D eigenvalue weighted by molar-refractivity contribution is 0.0100. The van der Waals surface area contributed by atoms with Gasteiger partial charge in [0.25, 0.3) is 0 Å². The highest BCUT2D eigenvalue weighted by Gasteiger charge is 2.33. The molecule has 0 amide bonds. The van der Waals surface area contributed by atoms with Crippen LogP contribution >= 0.6 is 34.8 Å². The Bertz CT molecular complexity index is 383. The van der Waals surface area contributed by atoms with Gasteiger partial charge in [0.2, 0.25) is 0 Å². The standard InChI is InChI=1S/C15H21Cl3O/c1-14(2,19-3)8-9-15(10-16,11-17)12-4-6-13(18)7-5-12/h4-7H,8-11H2,1-3H3. The minimum absolute atomic E-state index is 0.171. The van der Waals surface area contributed by atoms with E-state index in [4.69, 9.17) is 39.5 Å². The van der Waals surface area contributed by atoms with E-state index in [1.807, 2.05) is 24.3 Å². The van der Waals surface area contributed by atoms with Crippen LogP contribution in [0, 0.1) is 0 Å². The smallest absolute Gasteiger partial charge is 0.0623 e. The zero-order valence-electron chi connectivity index (χ0n) is 11.7. The highest BCUT2D eigenvalue weighted by Crippen LogP contribution is 2.35. The van der Waals surface area contributed by atoms with E-state index in [2.05, 4.69) is 13.8 Å². The molecule has 0 saturated heterocycles. The molecule has 108 valence electrons. The molecule has 0 bridgehead atoms. The van der Waals surface area contributed by atoms with Gasteiger partial charge in [-0.2, -0.15) is 0 Å². The first-order valence-corrected chi connectivity index (χ1v) is 7.77. The number of alkyl halides is 2. The zero-order valence-corrected chi connectivity index (χ0v) is 13.9. The SMILES string of the molecule is COC(C)(C)CCC(CCl)(CCl)c1ccc(Cl)cc1. The van der Waals surface area contributed by atoms with Crippen LogP contribution in [-0.4, -0.2) is 24.5 Å². The second-order valence-corrected chi connectivity index (χ2v) is 6.49. The third-order valence-electron chi connectivity index (χ3n) is 3.73. The summed E-state index contributed by atoms with van der Waals surface area (Å²) in [6.07, 6.45) is 1.77. The van der Waals surface area contributed by atoms with Gasteiger partial charge in [-0.25, -0.2) is 0 Å². The molecule has 1 nitrogen and oxygen atoms in total. The molecular weight excluding hydrogens is 303 g/mol. The molecule has 0 aromatic heterocycles. The highest BCUT2D eigenvalue weighted by atomic mass is 35.5. The van der Waals surface area contributed by atoms with Crippen LogP contribution in [0.3, 0.4) is 0 Å². The highest BCUT2D eigenvalue weighted by molar-refractivity contribution is 6.30. The van der Waals surface area contributed by atoms with E-state index in [1.165, 1.54) is 0 Å². The molecule has 0 saturated carbocycles. The summed E-state index contributed by atoms with van der Waals surface area (Å²) in [6, 6.07) is 7.78. The van der Waals surface area contributed by atoms with Crippen molar-refractivity contribution in [3.8, 4) is 0 Å². The first-order chi connectivity index (χ1) is 8.89. The summed E-state index contributed by atoms with van der Waals surface area (Å²) < 4.78 is 5.47. The monoisotopic (exact) mass is 322 g/mol. The Labute approximate surface area is 131 Å². The number of hydrogen-bond acceptors (Lipinski definition) is 1. The second-order valence-electron chi connectivity index (χ2n) is 5.52. The zero-order chi connectivity index (χ0) is 14.5. The molecular formula is C15H21Cl3O. The molecule has 0 atom stereocenters. The van der Waals surface area contributed by atoms with Gasteiger partial charge in [0.15, 0.2) is 0 Å². The van der Waals surface area contributed by atoms with Crippen LogP contribution in [0.25, 0.3) is 0 Å².